The number of benzene rings is 3. The van der Waals surface area contributed by atoms with E-state index in [0.29, 0.717) is 5.56 Å². The summed E-state index contributed by atoms with van der Waals surface area (Å²) in [4.78, 5) is 25.8. The fourth-order valence-electron chi connectivity index (χ4n) is 3.59. The first-order valence-electron chi connectivity index (χ1n) is 8.88. The molecule has 1 atom stereocenters. The number of nitrogens with one attached hydrogen (secondary N) is 1. The number of aryl methyl sites for hydroxylation is 1. The lowest BCUT2D eigenvalue weighted by Crippen LogP contribution is -2.34. The van der Waals surface area contributed by atoms with Gasteiger partial charge in [0.25, 0.3) is 0 Å². The highest BCUT2D eigenvalue weighted by Gasteiger charge is 2.46. The van der Waals surface area contributed by atoms with E-state index < -0.39 is 5.41 Å². The Morgan fingerprint density at radius 1 is 0.926 bits per heavy atom. The Morgan fingerprint density at radius 2 is 1.59 bits per heavy atom. The van der Waals surface area contributed by atoms with Crippen molar-refractivity contribution in [2.24, 2.45) is 0 Å². The Morgan fingerprint density at radius 3 is 2.30 bits per heavy atom. The van der Waals surface area contributed by atoms with Gasteiger partial charge >= 0.3 is 0 Å². The molecule has 0 aromatic heterocycles. The van der Waals surface area contributed by atoms with E-state index in [-0.39, 0.29) is 11.7 Å². The smallest absolute Gasteiger partial charge is 0.243 e. The lowest BCUT2D eigenvalue weighted by molar-refractivity contribution is -0.118. The van der Waals surface area contributed by atoms with Gasteiger partial charge in [-0.1, -0.05) is 84.4 Å². The van der Waals surface area contributed by atoms with E-state index >= 15 is 0 Å². The van der Waals surface area contributed by atoms with E-state index in [9.17, 15) is 9.59 Å². The normalized spacial score (nSPS) is 18.3. The van der Waals surface area contributed by atoms with E-state index in [0.717, 1.165) is 22.4 Å². The molecule has 3 heteroatoms. The minimum absolute atomic E-state index is 0.125. The lowest BCUT2D eigenvalue weighted by atomic mass is 9.74. The first-order chi connectivity index (χ1) is 13.1. The summed E-state index contributed by atoms with van der Waals surface area (Å²) in [6.07, 6.45) is 3.25. The highest BCUT2D eigenvalue weighted by Crippen LogP contribution is 2.44. The topological polar surface area (TPSA) is 46.2 Å². The standard InChI is InChI=1S/C24H19NO2/c1-17-12-13-21-20(16-17)24(23(27)25-21,19-10-6-3-7-11-19)15-14-22(26)18-8-4-2-5-9-18/h2-16H,1H3,(H,25,27)/b15-14+. The molecular formula is C24H19NO2. The molecule has 1 aliphatic heterocycles. The van der Waals surface area contributed by atoms with Gasteiger partial charge in [0, 0.05) is 11.3 Å². The molecule has 27 heavy (non-hydrogen) atoms. The molecule has 3 nitrogen and oxygen atoms in total. The van der Waals surface area contributed by atoms with E-state index in [1.807, 2.05) is 73.7 Å². The molecule has 0 aliphatic carbocycles. The zero-order chi connectivity index (χ0) is 18.9. The molecule has 0 fully saturated rings. The van der Waals surface area contributed by atoms with Crippen molar-refractivity contribution in [2.45, 2.75) is 12.3 Å². The maximum absolute atomic E-state index is 13.1. The number of hydrogen-bond acceptors (Lipinski definition) is 2. The van der Waals surface area contributed by atoms with Crippen molar-refractivity contribution in [3.8, 4) is 0 Å². The van der Waals surface area contributed by atoms with Crippen LogP contribution in [0.25, 0.3) is 0 Å². The zero-order valence-electron chi connectivity index (χ0n) is 15.0. The number of ketones is 1. The van der Waals surface area contributed by atoms with E-state index in [2.05, 4.69) is 5.32 Å². The first kappa shape index (κ1) is 17.0. The molecule has 132 valence electrons. The quantitative estimate of drug-likeness (QED) is 0.547. The van der Waals surface area contributed by atoms with Crippen LogP contribution in [0.15, 0.2) is 91.0 Å². The average molecular weight is 353 g/mol. The van der Waals surface area contributed by atoms with Crippen LogP contribution < -0.4 is 5.32 Å². The number of fused-ring (bicyclic) bond motifs is 1. The Balaban J connectivity index is 1.87. The largest absolute Gasteiger partial charge is 0.324 e. The molecule has 1 unspecified atom stereocenters. The van der Waals surface area contributed by atoms with Crippen molar-refractivity contribution in [3.05, 3.63) is 113 Å². The van der Waals surface area contributed by atoms with Gasteiger partial charge in [0.15, 0.2) is 5.78 Å². The summed E-state index contributed by atoms with van der Waals surface area (Å²) in [6, 6.07) is 24.6. The van der Waals surface area contributed by atoms with Gasteiger partial charge in [-0.2, -0.15) is 0 Å². The van der Waals surface area contributed by atoms with E-state index in [1.54, 1.807) is 18.2 Å². The Kier molecular flexibility index (Phi) is 4.21. The molecule has 0 spiro atoms. The van der Waals surface area contributed by atoms with Crippen molar-refractivity contribution >= 4 is 17.4 Å². The third kappa shape index (κ3) is 2.87. The van der Waals surface area contributed by atoms with Crippen molar-refractivity contribution in [1.29, 1.82) is 0 Å². The van der Waals surface area contributed by atoms with Crippen molar-refractivity contribution in [3.63, 3.8) is 0 Å². The summed E-state index contributed by atoms with van der Waals surface area (Å²) >= 11 is 0. The number of carbonyl (C=O) groups excluding carboxylic acids is 2. The van der Waals surface area contributed by atoms with Crippen LogP contribution in [0.4, 0.5) is 5.69 Å². The summed E-state index contributed by atoms with van der Waals surface area (Å²) in [6.45, 7) is 2.00. The monoisotopic (exact) mass is 353 g/mol. The van der Waals surface area contributed by atoms with Crippen molar-refractivity contribution in [1.82, 2.24) is 0 Å². The van der Waals surface area contributed by atoms with Gasteiger partial charge < -0.3 is 5.32 Å². The summed E-state index contributed by atoms with van der Waals surface area (Å²) < 4.78 is 0. The number of carbonyl (C=O) groups is 2. The maximum atomic E-state index is 13.1. The van der Waals surface area contributed by atoms with Crippen LogP contribution in [0.1, 0.15) is 27.0 Å². The van der Waals surface area contributed by atoms with Crippen LogP contribution in [0, 0.1) is 6.92 Å². The fraction of sp³-hybridized carbons (Fsp3) is 0.0833. The molecule has 0 saturated heterocycles. The van der Waals surface area contributed by atoms with Gasteiger partial charge in [-0.15, -0.1) is 0 Å². The van der Waals surface area contributed by atoms with Crippen molar-refractivity contribution < 1.29 is 9.59 Å². The first-order valence-corrected chi connectivity index (χ1v) is 8.88. The third-order valence-corrected chi connectivity index (χ3v) is 4.98. The second-order valence-corrected chi connectivity index (χ2v) is 6.74. The number of hydrogen-bond donors (Lipinski definition) is 1. The molecular weight excluding hydrogens is 334 g/mol. The second kappa shape index (κ2) is 6.69. The molecule has 1 heterocycles. The van der Waals surface area contributed by atoms with E-state index in [4.69, 9.17) is 0 Å². The number of amides is 1. The molecule has 1 N–H and O–H groups in total. The minimum Gasteiger partial charge on any atom is -0.324 e. The number of anilines is 1. The summed E-state index contributed by atoms with van der Waals surface area (Å²) in [7, 11) is 0. The van der Waals surface area contributed by atoms with Gasteiger partial charge in [-0.3, -0.25) is 9.59 Å². The minimum atomic E-state index is -1.02. The second-order valence-electron chi connectivity index (χ2n) is 6.74. The van der Waals surface area contributed by atoms with Gasteiger partial charge in [0.05, 0.1) is 0 Å². The zero-order valence-corrected chi connectivity index (χ0v) is 15.0. The highest BCUT2D eigenvalue weighted by atomic mass is 16.2. The van der Waals surface area contributed by atoms with Crippen LogP contribution in [0.2, 0.25) is 0 Å². The predicted molar refractivity (Wildman–Crippen MR) is 107 cm³/mol. The molecule has 0 saturated carbocycles. The molecule has 3 aromatic rings. The Hall–Kier alpha value is -3.46. The van der Waals surface area contributed by atoms with Crippen LogP contribution in [-0.2, 0) is 10.2 Å². The third-order valence-electron chi connectivity index (χ3n) is 4.98. The summed E-state index contributed by atoms with van der Waals surface area (Å²) in [5.41, 5.74) is 3.13. The molecule has 4 rings (SSSR count). The van der Waals surface area contributed by atoms with Crippen LogP contribution >= 0.6 is 0 Å². The summed E-state index contributed by atoms with van der Waals surface area (Å²) in [5, 5.41) is 2.98. The van der Waals surface area contributed by atoms with Gasteiger partial charge in [-0.05, 0) is 30.2 Å². The molecule has 0 radical (unpaired) electrons. The van der Waals surface area contributed by atoms with Crippen LogP contribution in [-0.4, -0.2) is 11.7 Å². The van der Waals surface area contributed by atoms with Gasteiger partial charge in [0.2, 0.25) is 5.91 Å². The van der Waals surface area contributed by atoms with E-state index in [1.165, 1.54) is 6.08 Å². The molecule has 1 amide bonds. The van der Waals surface area contributed by atoms with Crippen LogP contribution in [0.3, 0.4) is 0 Å². The predicted octanol–water partition coefficient (Wildman–Crippen LogP) is 4.67. The molecule has 3 aromatic carbocycles. The lowest BCUT2D eigenvalue weighted by Gasteiger charge is -2.24. The number of allylic oxidation sites excluding steroid dienone is 1. The van der Waals surface area contributed by atoms with Gasteiger partial charge in [0.1, 0.15) is 5.41 Å². The van der Waals surface area contributed by atoms with Gasteiger partial charge in [-0.25, -0.2) is 0 Å². The Labute approximate surface area is 158 Å². The van der Waals surface area contributed by atoms with Crippen LogP contribution in [0.5, 0.6) is 0 Å². The fourth-order valence-corrected chi connectivity index (χ4v) is 3.59. The summed E-state index contributed by atoms with van der Waals surface area (Å²) in [5.74, 6) is -0.272. The Bertz CT molecular complexity index is 1040. The SMILES string of the molecule is Cc1ccc2c(c1)C(/C=C/C(=O)c1ccccc1)(c1ccccc1)C(=O)N2. The average Bonchev–Trinajstić information content (AvgIpc) is 2.99. The molecule has 1 aliphatic rings. The van der Waals surface area contributed by atoms with Crippen molar-refractivity contribution in [2.75, 3.05) is 5.32 Å². The molecule has 0 bridgehead atoms. The number of rotatable bonds is 4. The maximum Gasteiger partial charge on any atom is 0.243 e. The highest BCUT2D eigenvalue weighted by molar-refractivity contribution is 6.12.